The van der Waals surface area contributed by atoms with E-state index in [1.165, 1.54) is 0 Å². The Kier molecular flexibility index (Phi) is 4.59. The number of amides is 1. The van der Waals surface area contributed by atoms with Crippen molar-refractivity contribution in [3.05, 3.63) is 35.5 Å². The highest BCUT2D eigenvalue weighted by Crippen LogP contribution is 2.22. The van der Waals surface area contributed by atoms with E-state index in [9.17, 15) is 9.59 Å². The standard InChI is InChI=1S/C15H18N2O4/c1-9-11(10-4-2-3-5-12(10)16-9)8-14(19)17-13(6-7-18)15(20)21/h2-5,13,16,18H,6-8H2,1H3,(H,17,19)(H,20,21)/t13-/m0/s1. The minimum Gasteiger partial charge on any atom is -0.480 e. The number of aromatic nitrogens is 1. The Balaban J connectivity index is 2.14. The van der Waals surface area contributed by atoms with E-state index in [2.05, 4.69) is 10.3 Å². The smallest absolute Gasteiger partial charge is 0.326 e. The van der Waals surface area contributed by atoms with E-state index in [0.717, 1.165) is 22.2 Å². The topological polar surface area (TPSA) is 102 Å². The van der Waals surface area contributed by atoms with Crippen LogP contribution in [-0.4, -0.2) is 39.7 Å². The number of aliphatic hydroxyl groups is 1. The van der Waals surface area contributed by atoms with Gasteiger partial charge >= 0.3 is 5.97 Å². The molecule has 0 bridgehead atoms. The number of para-hydroxylation sites is 1. The quantitative estimate of drug-likeness (QED) is 0.636. The number of carboxylic acid groups (broad SMARTS) is 1. The van der Waals surface area contributed by atoms with Gasteiger partial charge in [0.1, 0.15) is 6.04 Å². The Hall–Kier alpha value is -2.34. The molecule has 6 heteroatoms. The average molecular weight is 290 g/mol. The summed E-state index contributed by atoms with van der Waals surface area (Å²) in [5.74, 6) is -1.52. The molecule has 2 aromatic rings. The van der Waals surface area contributed by atoms with E-state index in [0.29, 0.717) is 0 Å². The number of rotatable bonds is 6. The zero-order valence-electron chi connectivity index (χ0n) is 11.7. The van der Waals surface area contributed by atoms with Crippen LogP contribution in [0, 0.1) is 6.92 Å². The fourth-order valence-corrected chi connectivity index (χ4v) is 2.35. The third-order valence-corrected chi connectivity index (χ3v) is 3.42. The molecule has 112 valence electrons. The first-order valence-electron chi connectivity index (χ1n) is 6.72. The van der Waals surface area contributed by atoms with Gasteiger partial charge in [-0.2, -0.15) is 0 Å². The van der Waals surface area contributed by atoms with Gasteiger partial charge in [0, 0.05) is 29.6 Å². The van der Waals surface area contributed by atoms with Crippen molar-refractivity contribution in [3.8, 4) is 0 Å². The molecule has 4 N–H and O–H groups in total. The van der Waals surface area contributed by atoms with Crippen LogP contribution < -0.4 is 5.32 Å². The van der Waals surface area contributed by atoms with Crippen molar-refractivity contribution >= 4 is 22.8 Å². The Morgan fingerprint density at radius 2 is 2.05 bits per heavy atom. The van der Waals surface area contributed by atoms with E-state index in [-0.39, 0.29) is 25.4 Å². The monoisotopic (exact) mass is 290 g/mol. The van der Waals surface area contributed by atoms with E-state index < -0.39 is 12.0 Å². The summed E-state index contributed by atoms with van der Waals surface area (Å²) < 4.78 is 0. The summed E-state index contributed by atoms with van der Waals surface area (Å²) in [5.41, 5.74) is 2.69. The third-order valence-electron chi connectivity index (χ3n) is 3.42. The molecule has 0 saturated carbocycles. The molecule has 0 radical (unpaired) electrons. The lowest BCUT2D eigenvalue weighted by Gasteiger charge is -2.13. The summed E-state index contributed by atoms with van der Waals surface area (Å²) in [6.07, 6.45) is 0.0962. The first-order valence-corrected chi connectivity index (χ1v) is 6.72. The molecule has 0 saturated heterocycles. The number of hydrogen-bond acceptors (Lipinski definition) is 3. The Bertz CT molecular complexity index is 663. The van der Waals surface area contributed by atoms with Crippen molar-refractivity contribution < 1.29 is 19.8 Å². The average Bonchev–Trinajstić information content (AvgIpc) is 2.75. The number of benzene rings is 1. The number of aromatic amines is 1. The number of carbonyl (C=O) groups is 2. The van der Waals surface area contributed by atoms with Crippen molar-refractivity contribution in [3.63, 3.8) is 0 Å². The Labute approximate surface area is 121 Å². The summed E-state index contributed by atoms with van der Waals surface area (Å²) in [7, 11) is 0. The molecule has 2 rings (SSSR count). The number of carbonyl (C=O) groups excluding carboxylic acids is 1. The second-order valence-corrected chi connectivity index (χ2v) is 4.92. The van der Waals surface area contributed by atoms with E-state index in [1.807, 2.05) is 31.2 Å². The Morgan fingerprint density at radius 3 is 2.71 bits per heavy atom. The third kappa shape index (κ3) is 3.41. The number of nitrogens with one attached hydrogen (secondary N) is 2. The first-order chi connectivity index (χ1) is 10.0. The van der Waals surface area contributed by atoms with Gasteiger partial charge in [0.2, 0.25) is 5.91 Å². The van der Waals surface area contributed by atoms with Gasteiger partial charge in [0.25, 0.3) is 0 Å². The highest BCUT2D eigenvalue weighted by molar-refractivity contribution is 5.91. The molecule has 1 aromatic heterocycles. The summed E-state index contributed by atoms with van der Waals surface area (Å²) >= 11 is 0. The summed E-state index contributed by atoms with van der Waals surface area (Å²) in [6.45, 7) is 1.59. The maximum atomic E-state index is 12.0. The zero-order valence-corrected chi connectivity index (χ0v) is 11.7. The number of aryl methyl sites for hydroxylation is 1. The molecule has 1 atom stereocenters. The number of H-pyrrole nitrogens is 1. The van der Waals surface area contributed by atoms with Gasteiger partial charge in [0.05, 0.1) is 6.42 Å². The lowest BCUT2D eigenvalue weighted by atomic mass is 10.1. The van der Waals surface area contributed by atoms with Crippen molar-refractivity contribution in [2.24, 2.45) is 0 Å². The minimum atomic E-state index is -1.15. The van der Waals surface area contributed by atoms with Crippen LogP contribution in [0.3, 0.4) is 0 Å². The molecule has 6 nitrogen and oxygen atoms in total. The molecule has 21 heavy (non-hydrogen) atoms. The highest BCUT2D eigenvalue weighted by atomic mass is 16.4. The van der Waals surface area contributed by atoms with Crippen LogP contribution in [-0.2, 0) is 16.0 Å². The van der Waals surface area contributed by atoms with Gasteiger partial charge in [-0.3, -0.25) is 4.79 Å². The summed E-state index contributed by atoms with van der Waals surface area (Å²) in [5, 5.41) is 21.2. The minimum absolute atomic E-state index is 0.00601. The number of fused-ring (bicyclic) bond motifs is 1. The zero-order chi connectivity index (χ0) is 15.4. The number of aliphatic hydroxyl groups excluding tert-OH is 1. The second kappa shape index (κ2) is 6.41. The van der Waals surface area contributed by atoms with Crippen LogP contribution >= 0.6 is 0 Å². The predicted octanol–water partition coefficient (Wildman–Crippen LogP) is 0.971. The van der Waals surface area contributed by atoms with Crippen LogP contribution in [0.2, 0.25) is 0 Å². The van der Waals surface area contributed by atoms with Crippen molar-refractivity contribution in [1.29, 1.82) is 0 Å². The molecule has 1 aromatic carbocycles. The summed E-state index contributed by atoms with van der Waals surface area (Å²) in [4.78, 5) is 26.2. The first kappa shape index (κ1) is 15.1. The van der Waals surface area contributed by atoms with E-state index in [1.54, 1.807) is 0 Å². The van der Waals surface area contributed by atoms with Crippen LogP contribution in [0.4, 0.5) is 0 Å². The molecule has 0 spiro atoms. The molecular formula is C15H18N2O4. The molecule has 0 aliphatic rings. The second-order valence-electron chi connectivity index (χ2n) is 4.92. The van der Waals surface area contributed by atoms with Crippen LogP contribution in [0.25, 0.3) is 10.9 Å². The fraction of sp³-hybridized carbons (Fsp3) is 0.333. The molecule has 0 fully saturated rings. The van der Waals surface area contributed by atoms with E-state index >= 15 is 0 Å². The lowest BCUT2D eigenvalue weighted by Crippen LogP contribution is -2.42. The molecular weight excluding hydrogens is 272 g/mol. The van der Waals surface area contributed by atoms with Gasteiger partial charge in [-0.05, 0) is 18.6 Å². The highest BCUT2D eigenvalue weighted by Gasteiger charge is 2.20. The molecule has 0 aliphatic carbocycles. The molecule has 1 heterocycles. The predicted molar refractivity (Wildman–Crippen MR) is 78.0 cm³/mol. The maximum Gasteiger partial charge on any atom is 0.326 e. The van der Waals surface area contributed by atoms with E-state index in [4.69, 9.17) is 10.2 Å². The van der Waals surface area contributed by atoms with Gasteiger partial charge in [-0.15, -0.1) is 0 Å². The SMILES string of the molecule is Cc1[nH]c2ccccc2c1CC(=O)N[C@@H](CCO)C(=O)O. The van der Waals surface area contributed by atoms with Gasteiger partial charge in [-0.25, -0.2) is 4.79 Å². The molecule has 0 aliphatic heterocycles. The van der Waals surface area contributed by atoms with Crippen molar-refractivity contribution in [1.82, 2.24) is 10.3 Å². The van der Waals surface area contributed by atoms with Crippen molar-refractivity contribution in [2.75, 3.05) is 6.61 Å². The van der Waals surface area contributed by atoms with Gasteiger partial charge in [-0.1, -0.05) is 18.2 Å². The maximum absolute atomic E-state index is 12.0. The Morgan fingerprint density at radius 1 is 1.33 bits per heavy atom. The van der Waals surface area contributed by atoms with Crippen LogP contribution in [0.15, 0.2) is 24.3 Å². The number of aliphatic carboxylic acids is 1. The normalized spacial score (nSPS) is 12.3. The lowest BCUT2D eigenvalue weighted by molar-refractivity contribution is -0.142. The fourth-order valence-electron chi connectivity index (χ4n) is 2.35. The van der Waals surface area contributed by atoms with Gasteiger partial charge in [0.15, 0.2) is 0 Å². The van der Waals surface area contributed by atoms with Crippen molar-refractivity contribution in [2.45, 2.75) is 25.8 Å². The number of carboxylic acids is 1. The number of hydrogen-bond donors (Lipinski definition) is 4. The summed E-state index contributed by atoms with van der Waals surface area (Å²) in [6, 6.07) is 6.58. The molecule has 0 unspecified atom stereocenters. The van der Waals surface area contributed by atoms with Crippen LogP contribution in [0.1, 0.15) is 17.7 Å². The van der Waals surface area contributed by atoms with Gasteiger partial charge < -0.3 is 20.5 Å². The van der Waals surface area contributed by atoms with Crippen LogP contribution in [0.5, 0.6) is 0 Å². The largest absolute Gasteiger partial charge is 0.480 e. The molecule has 1 amide bonds.